The summed E-state index contributed by atoms with van der Waals surface area (Å²) in [4.78, 5) is -0.156. The molecule has 4 aliphatic rings. The fraction of sp³-hybridized carbons (Fsp3) is 1.00. The van der Waals surface area contributed by atoms with Crippen LogP contribution in [0.15, 0.2) is 0 Å². The van der Waals surface area contributed by atoms with Gasteiger partial charge in [-0.2, -0.15) is 0 Å². The molecule has 0 aromatic heterocycles. The van der Waals surface area contributed by atoms with E-state index in [2.05, 4.69) is 59.6 Å². The first-order valence-electron chi connectivity index (χ1n) is 7.50. The average Bonchev–Trinajstić information content (AvgIpc) is 3.00. The van der Waals surface area contributed by atoms with Gasteiger partial charge < -0.3 is 14.6 Å². The second-order valence-corrected chi connectivity index (χ2v) is 11.2. The van der Waals surface area contributed by atoms with Crippen molar-refractivity contribution < 1.29 is 14.6 Å². The highest BCUT2D eigenvalue weighted by Crippen LogP contribution is 2.80. The number of aliphatic hydroxyl groups is 1. The summed E-state index contributed by atoms with van der Waals surface area (Å²) in [5, 5.41) is 10.8. The minimum absolute atomic E-state index is 0.0182. The summed E-state index contributed by atoms with van der Waals surface area (Å²) in [6, 6.07) is 0. The van der Waals surface area contributed by atoms with Gasteiger partial charge in [-0.15, -0.1) is 11.6 Å². The first kappa shape index (κ1) is 15.6. The number of hydrogen-bond acceptors (Lipinski definition) is 3. The van der Waals surface area contributed by atoms with Gasteiger partial charge in [0, 0.05) is 15.7 Å². The molecule has 0 radical (unpaired) electrons. The topological polar surface area (TPSA) is 42.0 Å². The second-order valence-electron chi connectivity index (χ2n) is 8.09. The van der Waals surface area contributed by atoms with Crippen molar-refractivity contribution in [2.75, 3.05) is 0 Å². The normalized spacial score (nSPS) is 67.4. The minimum Gasteiger partial charge on any atom is -0.386 e. The lowest BCUT2D eigenvalue weighted by molar-refractivity contribution is -0.0937. The van der Waals surface area contributed by atoms with Gasteiger partial charge in [0.15, 0.2) is 4.51 Å². The van der Waals surface area contributed by atoms with Crippen LogP contribution in [0.5, 0.6) is 0 Å². The Balaban J connectivity index is 1.92. The lowest BCUT2D eigenvalue weighted by Crippen LogP contribution is -2.66. The number of rotatable bonds is 0. The standard InChI is InChI=1S/C15H21Br2ClO3/c1-11(2)14-5-7(16)12(3,18)6-8(14)20-15(11,17)9(19)10-13(14,4)21-10/h7-10,19H,5-6H2,1-4H3/t7-,8-,9+,10+,12-,13+,14-,15+/m0/s1. The molecule has 120 valence electrons. The summed E-state index contributed by atoms with van der Waals surface area (Å²) in [7, 11) is 0. The molecule has 2 aliphatic heterocycles. The third-order valence-electron chi connectivity index (χ3n) is 6.98. The SMILES string of the molecule is CC1(C)[C@]23C[C@H](Br)[C@@](C)(Cl)C[C@@H]2O[C@]1(Br)[C@H](O)[C@H]1O[C@]13C. The molecule has 0 unspecified atom stereocenters. The number of fused-ring (bicyclic) bond motifs is 2. The smallest absolute Gasteiger partial charge is 0.157 e. The third-order valence-corrected chi connectivity index (χ3v) is 10.6. The van der Waals surface area contributed by atoms with Gasteiger partial charge in [0.1, 0.15) is 17.8 Å². The van der Waals surface area contributed by atoms with Crippen LogP contribution in [0, 0.1) is 10.8 Å². The Morgan fingerprint density at radius 2 is 1.76 bits per heavy atom. The van der Waals surface area contributed by atoms with Gasteiger partial charge >= 0.3 is 0 Å². The van der Waals surface area contributed by atoms with Crippen molar-refractivity contribution in [1.29, 1.82) is 0 Å². The first-order chi connectivity index (χ1) is 9.44. The van der Waals surface area contributed by atoms with E-state index in [4.69, 9.17) is 21.1 Å². The van der Waals surface area contributed by atoms with Crippen molar-refractivity contribution in [3.8, 4) is 0 Å². The van der Waals surface area contributed by atoms with Gasteiger partial charge in [-0.25, -0.2) is 0 Å². The monoisotopic (exact) mass is 442 g/mol. The minimum atomic E-state index is -0.768. The molecule has 21 heavy (non-hydrogen) atoms. The fourth-order valence-electron chi connectivity index (χ4n) is 5.48. The predicted molar refractivity (Wildman–Crippen MR) is 88.2 cm³/mol. The van der Waals surface area contributed by atoms with E-state index >= 15 is 0 Å². The lowest BCUT2D eigenvalue weighted by Gasteiger charge is -2.57. The number of epoxide rings is 1. The molecule has 2 saturated heterocycles. The molecule has 8 atom stereocenters. The maximum absolute atomic E-state index is 10.8. The summed E-state index contributed by atoms with van der Waals surface area (Å²) in [6.07, 6.45) is 0.797. The van der Waals surface area contributed by atoms with E-state index in [1.807, 2.05) is 0 Å². The Morgan fingerprint density at radius 3 is 2.38 bits per heavy atom. The molecule has 0 aromatic carbocycles. The van der Waals surface area contributed by atoms with Crippen LogP contribution in [0.3, 0.4) is 0 Å². The summed E-state index contributed by atoms with van der Waals surface area (Å²) < 4.78 is 11.7. The number of hydrogen-bond donors (Lipinski definition) is 1. The summed E-state index contributed by atoms with van der Waals surface area (Å²) in [5.41, 5.74) is -0.755. The van der Waals surface area contributed by atoms with E-state index in [-0.39, 0.29) is 38.3 Å². The van der Waals surface area contributed by atoms with E-state index in [9.17, 15) is 5.11 Å². The Morgan fingerprint density at radius 1 is 1.14 bits per heavy atom. The molecular formula is C15H21Br2ClO3. The summed E-state index contributed by atoms with van der Waals surface area (Å²) in [6.45, 7) is 8.56. The maximum Gasteiger partial charge on any atom is 0.157 e. The van der Waals surface area contributed by atoms with Gasteiger partial charge in [-0.3, -0.25) is 0 Å². The molecule has 1 spiro atoms. The highest BCUT2D eigenvalue weighted by Gasteiger charge is 2.89. The zero-order valence-corrected chi connectivity index (χ0v) is 16.5. The van der Waals surface area contributed by atoms with Gasteiger partial charge in [-0.05, 0) is 26.7 Å². The highest BCUT2D eigenvalue weighted by atomic mass is 79.9. The number of aliphatic hydroxyl groups excluding tert-OH is 1. The molecular weight excluding hydrogens is 423 g/mol. The molecule has 0 amide bonds. The van der Waals surface area contributed by atoms with Crippen molar-refractivity contribution in [2.24, 2.45) is 10.8 Å². The Hall–Kier alpha value is 1.13. The highest BCUT2D eigenvalue weighted by molar-refractivity contribution is 9.10. The second kappa shape index (κ2) is 3.85. The Bertz CT molecular complexity index is 527. The van der Waals surface area contributed by atoms with Crippen LogP contribution in [0.2, 0.25) is 0 Å². The van der Waals surface area contributed by atoms with Crippen molar-refractivity contribution in [1.82, 2.24) is 0 Å². The van der Waals surface area contributed by atoms with Crippen molar-refractivity contribution in [3.63, 3.8) is 0 Å². The maximum atomic E-state index is 10.8. The molecule has 2 aliphatic carbocycles. The van der Waals surface area contributed by atoms with Crippen LogP contribution >= 0.6 is 43.5 Å². The van der Waals surface area contributed by atoms with Gasteiger partial charge in [0.05, 0.1) is 11.0 Å². The molecule has 4 fully saturated rings. The third kappa shape index (κ3) is 1.41. The average molecular weight is 445 g/mol. The largest absolute Gasteiger partial charge is 0.386 e. The molecule has 4 rings (SSSR count). The van der Waals surface area contributed by atoms with Crippen LogP contribution < -0.4 is 0 Å². The Kier molecular flexibility index (Phi) is 2.87. The molecule has 2 saturated carbocycles. The van der Waals surface area contributed by atoms with Crippen molar-refractivity contribution in [2.45, 2.75) is 78.7 Å². The number of ether oxygens (including phenoxy) is 2. The lowest BCUT2D eigenvalue weighted by atomic mass is 9.47. The van der Waals surface area contributed by atoms with E-state index < -0.39 is 10.6 Å². The van der Waals surface area contributed by atoms with Gasteiger partial charge in [0.2, 0.25) is 0 Å². The van der Waals surface area contributed by atoms with Crippen LogP contribution in [0.1, 0.15) is 40.5 Å². The quantitative estimate of drug-likeness (QED) is 0.459. The first-order valence-corrected chi connectivity index (χ1v) is 9.58. The van der Waals surface area contributed by atoms with Gasteiger partial charge in [-0.1, -0.05) is 45.7 Å². The Labute approximate surface area is 147 Å². The number of alkyl halides is 3. The molecule has 3 nitrogen and oxygen atoms in total. The summed E-state index contributed by atoms with van der Waals surface area (Å²) in [5.74, 6) is 0. The van der Waals surface area contributed by atoms with Crippen molar-refractivity contribution in [3.05, 3.63) is 0 Å². The van der Waals surface area contributed by atoms with Crippen LogP contribution in [-0.4, -0.2) is 43.2 Å². The van der Waals surface area contributed by atoms with Crippen molar-refractivity contribution >= 4 is 43.5 Å². The van der Waals surface area contributed by atoms with E-state index in [0.717, 1.165) is 12.8 Å². The zero-order chi connectivity index (χ0) is 15.6. The van der Waals surface area contributed by atoms with Crippen LogP contribution in [-0.2, 0) is 9.47 Å². The molecule has 6 heteroatoms. The van der Waals surface area contributed by atoms with E-state index in [1.54, 1.807) is 0 Å². The van der Waals surface area contributed by atoms with Crippen LogP contribution in [0.25, 0.3) is 0 Å². The van der Waals surface area contributed by atoms with E-state index in [0.29, 0.717) is 0 Å². The molecule has 2 bridgehead atoms. The zero-order valence-electron chi connectivity index (χ0n) is 12.6. The van der Waals surface area contributed by atoms with Gasteiger partial charge in [0.25, 0.3) is 0 Å². The fourth-order valence-corrected chi connectivity index (χ4v) is 7.22. The predicted octanol–water partition coefficient (Wildman–Crippen LogP) is 3.58. The molecule has 0 aromatic rings. The number of halogens is 3. The van der Waals surface area contributed by atoms with Crippen LogP contribution in [0.4, 0.5) is 0 Å². The summed E-state index contributed by atoms with van der Waals surface area (Å²) >= 11 is 14.3. The molecule has 2 heterocycles. The molecule has 1 N–H and O–H groups in total. The van der Waals surface area contributed by atoms with E-state index in [1.165, 1.54) is 0 Å².